The zero-order valence-electron chi connectivity index (χ0n) is 10.6. The van der Waals surface area contributed by atoms with Crippen LogP contribution in [-0.2, 0) is 12.8 Å². The first-order valence-electron chi connectivity index (χ1n) is 6.23. The summed E-state index contributed by atoms with van der Waals surface area (Å²) in [6.45, 7) is 2.09. The van der Waals surface area contributed by atoms with E-state index >= 15 is 0 Å². The van der Waals surface area contributed by atoms with Crippen LogP contribution in [0.2, 0.25) is 0 Å². The Bertz CT molecular complexity index is 519. The van der Waals surface area contributed by atoms with Crippen LogP contribution >= 0.6 is 11.3 Å². The highest BCUT2D eigenvalue weighted by atomic mass is 32.1. The van der Waals surface area contributed by atoms with Crippen molar-refractivity contribution < 1.29 is 13.9 Å². The highest BCUT2D eigenvalue weighted by Gasteiger charge is 2.12. The molecule has 0 saturated heterocycles. The Kier molecular flexibility index (Phi) is 4.66. The first-order valence-corrected chi connectivity index (χ1v) is 7.05. The molecule has 0 aliphatic heterocycles. The minimum absolute atomic E-state index is 0.0136. The Morgan fingerprint density at radius 1 is 1.00 bits per heavy atom. The number of hydrogen-bond acceptors (Lipinski definition) is 2. The maximum absolute atomic E-state index is 12.4. The fraction of sp³-hybridized carbons (Fsp3) is 0.333. The van der Waals surface area contributed by atoms with Gasteiger partial charge in [-0.05, 0) is 24.1 Å². The third-order valence-electron chi connectivity index (χ3n) is 3.03. The van der Waals surface area contributed by atoms with Gasteiger partial charge in [-0.1, -0.05) is 31.2 Å². The van der Waals surface area contributed by atoms with Gasteiger partial charge in [0.15, 0.2) is 0 Å². The number of aryl methyl sites for hydroxylation is 1. The van der Waals surface area contributed by atoms with Gasteiger partial charge in [-0.2, -0.15) is 0 Å². The molecule has 1 unspecified atom stereocenters. The number of aliphatic hydroxyl groups is 1. The average molecular weight is 282 g/mol. The van der Waals surface area contributed by atoms with Crippen LogP contribution in [0, 0.1) is 0 Å². The average Bonchev–Trinajstić information content (AvgIpc) is 2.86. The van der Waals surface area contributed by atoms with Gasteiger partial charge in [0.1, 0.15) is 0 Å². The van der Waals surface area contributed by atoms with Crippen LogP contribution in [0.15, 0.2) is 36.4 Å². The van der Waals surface area contributed by atoms with E-state index in [1.165, 1.54) is 17.0 Å². The molecule has 102 valence electrons. The standard InChI is InChI=1S/C15H16F2OS/c1-2-12-7-8-13(19-12)9-14(18)10-3-5-11(6-4-10)15(16)17/h3-8,14-15,18H,2,9H2,1H3. The van der Waals surface area contributed by atoms with Crippen molar-refractivity contribution in [3.05, 3.63) is 57.3 Å². The van der Waals surface area contributed by atoms with Gasteiger partial charge in [-0.3, -0.25) is 0 Å². The molecule has 0 fully saturated rings. The molecule has 0 bridgehead atoms. The number of alkyl halides is 2. The van der Waals surface area contributed by atoms with Crippen LogP contribution in [0.5, 0.6) is 0 Å². The number of halogens is 2. The first-order chi connectivity index (χ1) is 9.10. The zero-order chi connectivity index (χ0) is 13.8. The molecule has 0 saturated carbocycles. The molecule has 4 heteroatoms. The maximum Gasteiger partial charge on any atom is 0.263 e. The predicted molar refractivity (Wildman–Crippen MR) is 73.8 cm³/mol. The van der Waals surface area contributed by atoms with E-state index < -0.39 is 12.5 Å². The van der Waals surface area contributed by atoms with Gasteiger partial charge in [0.25, 0.3) is 6.43 Å². The number of aliphatic hydroxyl groups excluding tert-OH is 1. The Morgan fingerprint density at radius 3 is 2.11 bits per heavy atom. The molecule has 0 aliphatic carbocycles. The van der Waals surface area contributed by atoms with E-state index in [2.05, 4.69) is 13.0 Å². The highest BCUT2D eigenvalue weighted by Crippen LogP contribution is 2.26. The minimum atomic E-state index is -2.46. The molecular formula is C15H16F2OS. The lowest BCUT2D eigenvalue weighted by molar-refractivity contribution is 0.151. The van der Waals surface area contributed by atoms with Gasteiger partial charge in [-0.25, -0.2) is 8.78 Å². The molecule has 0 radical (unpaired) electrons. The van der Waals surface area contributed by atoms with Gasteiger partial charge >= 0.3 is 0 Å². The molecule has 0 amide bonds. The summed E-state index contributed by atoms with van der Waals surface area (Å²) in [7, 11) is 0. The molecule has 1 heterocycles. The van der Waals surface area contributed by atoms with E-state index in [0.717, 1.165) is 11.3 Å². The van der Waals surface area contributed by atoms with Crippen molar-refractivity contribution in [1.29, 1.82) is 0 Å². The van der Waals surface area contributed by atoms with E-state index in [1.54, 1.807) is 23.5 Å². The summed E-state index contributed by atoms with van der Waals surface area (Å²) in [4.78, 5) is 2.40. The van der Waals surface area contributed by atoms with Crippen LogP contribution in [0.1, 0.15) is 40.3 Å². The smallest absolute Gasteiger partial charge is 0.263 e. The van der Waals surface area contributed by atoms with Crippen molar-refractivity contribution in [3.63, 3.8) is 0 Å². The molecule has 19 heavy (non-hydrogen) atoms. The van der Waals surface area contributed by atoms with Crippen molar-refractivity contribution in [3.8, 4) is 0 Å². The van der Waals surface area contributed by atoms with Crippen molar-refractivity contribution in [2.45, 2.75) is 32.3 Å². The Labute approximate surface area is 115 Å². The van der Waals surface area contributed by atoms with E-state index in [1.807, 2.05) is 6.07 Å². The lowest BCUT2D eigenvalue weighted by Crippen LogP contribution is -2.00. The third kappa shape index (κ3) is 3.61. The molecule has 1 nitrogen and oxygen atoms in total. The quantitative estimate of drug-likeness (QED) is 0.854. The fourth-order valence-corrected chi connectivity index (χ4v) is 2.89. The predicted octanol–water partition coefficient (Wildman–Crippen LogP) is 4.52. The van der Waals surface area contributed by atoms with Crippen molar-refractivity contribution >= 4 is 11.3 Å². The van der Waals surface area contributed by atoms with Crippen molar-refractivity contribution in [2.75, 3.05) is 0 Å². The molecule has 2 aromatic rings. The van der Waals surface area contributed by atoms with Crippen LogP contribution in [-0.4, -0.2) is 5.11 Å². The van der Waals surface area contributed by atoms with Gasteiger partial charge in [0.2, 0.25) is 0 Å². The summed E-state index contributed by atoms with van der Waals surface area (Å²) in [5.41, 5.74) is 0.663. The molecule has 1 aromatic carbocycles. The Balaban J connectivity index is 2.04. The molecule has 1 N–H and O–H groups in total. The monoisotopic (exact) mass is 282 g/mol. The SMILES string of the molecule is CCc1ccc(CC(O)c2ccc(C(F)F)cc2)s1. The van der Waals surface area contributed by atoms with Gasteiger partial charge in [0.05, 0.1) is 6.10 Å². The molecular weight excluding hydrogens is 266 g/mol. The lowest BCUT2D eigenvalue weighted by Gasteiger charge is -2.10. The summed E-state index contributed by atoms with van der Waals surface area (Å²) < 4.78 is 24.9. The van der Waals surface area contributed by atoms with Gasteiger partial charge in [0, 0.05) is 21.7 Å². The molecule has 2 rings (SSSR count). The van der Waals surface area contributed by atoms with E-state index in [9.17, 15) is 13.9 Å². The Hall–Kier alpha value is -1.26. The first kappa shape index (κ1) is 14.2. The van der Waals surface area contributed by atoms with Gasteiger partial charge in [-0.15, -0.1) is 11.3 Å². The second kappa shape index (κ2) is 6.26. The topological polar surface area (TPSA) is 20.2 Å². The summed E-state index contributed by atoms with van der Waals surface area (Å²) in [6.07, 6.45) is -1.59. The van der Waals surface area contributed by atoms with Crippen LogP contribution < -0.4 is 0 Å². The summed E-state index contributed by atoms with van der Waals surface area (Å²) in [5, 5.41) is 10.1. The minimum Gasteiger partial charge on any atom is -0.388 e. The summed E-state index contributed by atoms with van der Waals surface area (Å²) in [5.74, 6) is 0. The maximum atomic E-state index is 12.4. The van der Waals surface area contributed by atoms with E-state index in [0.29, 0.717) is 12.0 Å². The number of benzene rings is 1. The van der Waals surface area contributed by atoms with Crippen molar-refractivity contribution in [2.24, 2.45) is 0 Å². The molecule has 1 atom stereocenters. The van der Waals surface area contributed by atoms with Gasteiger partial charge < -0.3 is 5.11 Å². The highest BCUT2D eigenvalue weighted by molar-refractivity contribution is 7.11. The molecule has 0 spiro atoms. The third-order valence-corrected chi connectivity index (χ3v) is 4.29. The molecule has 1 aromatic heterocycles. The molecule has 0 aliphatic rings. The van der Waals surface area contributed by atoms with E-state index in [-0.39, 0.29) is 5.56 Å². The number of rotatable bonds is 5. The largest absolute Gasteiger partial charge is 0.388 e. The normalized spacial score (nSPS) is 12.9. The van der Waals surface area contributed by atoms with Crippen LogP contribution in [0.4, 0.5) is 8.78 Å². The van der Waals surface area contributed by atoms with Crippen LogP contribution in [0.3, 0.4) is 0 Å². The second-order valence-corrected chi connectivity index (χ2v) is 5.66. The zero-order valence-corrected chi connectivity index (χ0v) is 11.5. The van der Waals surface area contributed by atoms with E-state index in [4.69, 9.17) is 0 Å². The number of thiophene rings is 1. The number of hydrogen-bond donors (Lipinski definition) is 1. The Morgan fingerprint density at radius 2 is 1.58 bits per heavy atom. The lowest BCUT2D eigenvalue weighted by atomic mass is 10.0. The summed E-state index contributed by atoms with van der Waals surface area (Å²) in [6, 6.07) is 9.96. The van der Waals surface area contributed by atoms with Crippen molar-refractivity contribution in [1.82, 2.24) is 0 Å². The van der Waals surface area contributed by atoms with Crippen LogP contribution in [0.25, 0.3) is 0 Å². The summed E-state index contributed by atoms with van der Waals surface area (Å²) >= 11 is 1.68. The fourth-order valence-electron chi connectivity index (χ4n) is 1.89. The second-order valence-electron chi connectivity index (χ2n) is 4.41.